The molecule has 1 aliphatic heterocycles. The average Bonchev–Trinajstić information content (AvgIpc) is 3.03. The number of imide groups is 1. The topological polar surface area (TPSA) is 66.5 Å². The summed E-state index contributed by atoms with van der Waals surface area (Å²) in [5.74, 6) is -0.735. The van der Waals surface area contributed by atoms with Crippen molar-refractivity contribution in [3.05, 3.63) is 24.3 Å². The minimum Gasteiger partial charge on any atom is -0.326 e. The predicted octanol–water partition coefficient (Wildman–Crippen LogP) is 6.97. The van der Waals surface area contributed by atoms with Gasteiger partial charge < -0.3 is 5.32 Å². The van der Waals surface area contributed by atoms with E-state index in [4.69, 9.17) is 0 Å². The van der Waals surface area contributed by atoms with Crippen LogP contribution in [-0.4, -0.2) is 27.4 Å². The van der Waals surface area contributed by atoms with Gasteiger partial charge >= 0.3 is 0 Å². The number of hydrogen-bond donors (Lipinski definition) is 1. The third-order valence-corrected chi connectivity index (χ3v) is 9.56. The number of alkyl halides is 2. The molecule has 3 rings (SSSR count). The number of benzene rings is 1. The van der Waals surface area contributed by atoms with Gasteiger partial charge in [-0.3, -0.25) is 19.3 Å². The van der Waals surface area contributed by atoms with E-state index < -0.39 is 0 Å². The first kappa shape index (κ1) is 26.4. The lowest BCUT2D eigenvalue weighted by Crippen LogP contribution is -2.34. The number of amides is 3. The van der Waals surface area contributed by atoms with E-state index in [1.807, 2.05) is 0 Å². The Morgan fingerprint density at radius 3 is 1.85 bits per heavy atom. The van der Waals surface area contributed by atoms with Crippen molar-refractivity contribution in [1.29, 1.82) is 0 Å². The molecule has 1 N–H and O–H groups in total. The zero-order chi connectivity index (χ0) is 23.8. The van der Waals surface area contributed by atoms with Gasteiger partial charge in [0.1, 0.15) is 0 Å². The molecule has 0 bridgehead atoms. The molecule has 1 aromatic rings. The number of fused-ring (bicyclic) bond motifs is 1. The smallest absolute Gasteiger partial charge is 0.237 e. The number of hydrogen-bond acceptors (Lipinski definition) is 3. The maximum Gasteiger partial charge on any atom is 0.237 e. The van der Waals surface area contributed by atoms with Crippen LogP contribution in [0.3, 0.4) is 0 Å². The number of nitrogens with one attached hydrogen (secondary N) is 1. The van der Waals surface area contributed by atoms with Crippen molar-refractivity contribution in [2.45, 2.75) is 93.6 Å². The van der Waals surface area contributed by atoms with Gasteiger partial charge in [0.05, 0.1) is 17.5 Å². The standard InChI is InChI=1S/C26H36Br2N2O3/c1-2-3-4-5-6-7-8-9-10-11-24(31)29-18-12-14-19(15-13-18)30-25(32)20-16-22(27)23(28)17-21(20)26(30)33/h12-15,20-23H,2-11,16-17H2,1H3,(H,29,31)/t20-,21-,22+,23+/m1/s1. The Morgan fingerprint density at radius 2 is 1.33 bits per heavy atom. The lowest BCUT2D eigenvalue weighted by molar-refractivity contribution is -0.122. The van der Waals surface area contributed by atoms with Gasteiger partial charge in [-0.25, -0.2) is 0 Å². The maximum atomic E-state index is 12.9. The predicted molar refractivity (Wildman–Crippen MR) is 141 cm³/mol. The van der Waals surface area contributed by atoms with Gasteiger partial charge in [0.15, 0.2) is 0 Å². The highest BCUT2D eigenvalue weighted by Gasteiger charge is 2.52. The van der Waals surface area contributed by atoms with Crippen molar-refractivity contribution in [2.24, 2.45) is 11.8 Å². The molecule has 4 atom stereocenters. The number of halogens is 2. The highest BCUT2D eigenvalue weighted by molar-refractivity contribution is 9.12. The lowest BCUT2D eigenvalue weighted by atomic mass is 9.81. The van der Waals surface area contributed by atoms with Crippen molar-refractivity contribution in [2.75, 3.05) is 10.2 Å². The molecule has 5 nitrogen and oxygen atoms in total. The third-order valence-electron chi connectivity index (χ3n) is 6.83. The summed E-state index contributed by atoms with van der Waals surface area (Å²) in [5.41, 5.74) is 1.27. The van der Waals surface area contributed by atoms with Crippen LogP contribution in [0.5, 0.6) is 0 Å². The Kier molecular flexibility index (Phi) is 10.4. The molecule has 7 heteroatoms. The van der Waals surface area contributed by atoms with Crippen LogP contribution in [0.15, 0.2) is 24.3 Å². The minimum absolute atomic E-state index is 0.0109. The fraction of sp³-hybridized carbons (Fsp3) is 0.654. The molecule has 1 aliphatic carbocycles. The molecule has 1 aromatic carbocycles. The summed E-state index contributed by atoms with van der Waals surface area (Å²) in [6, 6.07) is 7.04. The van der Waals surface area contributed by atoms with Crippen molar-refractivity contribution >= 4 is 61.0 Å². The first-order valence-corrected chi connectivity index (χ1v) is 14.3. The van der Waals surface area contributed by atoms with Crippen LogP contribution in [0.4, 0.5) is 11.4 Å². The van der Waals surface area contributed by atoms with Gasteiger partial charge in [-0.15, -0.1) is 0 Å². The second kappa shape index (κ2) is 13.0. The average molecular weight is 584 g/mol. The Bertz CT molecular complexity index is 786. The van der Waals surface area contributed by atoms with Crippen LogP contribution >= 0.6 is 31.9 Å². The van der Waals surface area contributed by atoms with Gasteiger partial charge in [0.25, 0.3) is 0 Å². The van der Waals surface area contributed by atoms with Crippen LogP contribution in [0.2, 0.25) is 0 Å². The van der Waals surface area contributed by atoms with E-state index >= 15 is 0 Å². The fourth-order valence-electron chi connectivity index (χ4n) is 4.86. The van der Waals surface area contributed by atoms with Gasteiger partial charge in [-0.05, 0) is 43.5 Å². The molecule has 3 amide bonds. The zero-order valence-electron chi connectivity index (χ0n) is 19.5. The molecule has 0 unspecified atom stereocenters. The Labute approximate surface area is 214 Å². The molecular weight excluding hydrogens is 548 g/mol. The summed E-state index contributed by atoms with van der Waals surface area (Å²) in [7, 11) is 0. The number of nitrogens with zero attached hydrogens (tertiary/aromatic N) is 1. The summed E-state index contributed by atoms with van der Waals surface area (Å²) in [6.07, 6.45) is 12.9. The summed E-state index contributed by atoms with van der Waals surface area (Å²) >= 11 is 7.24. The van der Waals surface area contributed by atoms with E-state index in [0.717, 1.165) is 12.8 Å². The SMILES string of the molecule is CCCCCCCCCCCC(=O)Nc1ccc(N2C(=O)[C@@H]3C[C@H](Br)[C@@H](Br)C[C@H]3C2=O)cc1. The van der Waals surface area contributed by atoms with E-state index in [1.54, 1.807) is 24.3 Å². The Balaban J connectivity index is 1.42. The van der Waals surface area contributed by atoms with Crippen molar-refractivity contribution < 1.29 is 14.4 Å². The van der Waals surface area contributed by atoms with Crippen LogP contribution in [-0.2, 0) is 14.4 Å². The normalized spacial score (nSPS) is 24.8. The Hall–Kier alpha value is -1.21. The van der Waals surface area contributed by atoms with Gasteiger partial charge in [-0.2, -0.15) is 0 Å². The summed E-state index contributed by atoms with van der Waals surface area (Å²) in [6.45, 7) is 2.23. The van der Waals surface area contributed by atoms with E-state index in [-0.39, 0.29) is 39.2 Å². The monoisotopic (exact) mass is 582 g/mol. The number of carbonyl (C=O) groups excluding carboxylic acids is 3. The van der Waals surface area contributed by atoms with E-state index in [1.165, 1.54) is 49.8 Å². The zero-order valence-corrected chi connectivity index (χ0v) is 22.7. The van der Waals surface area contributed by atoms with Crippen molar-refractivity contribution in [3.8, 4) is 0 Å². The quantitative estimate of drug-likeness (QED) is 0.164. The minimum atomic E-state index is -0.258. The highest BCUT2D eigenvalue weighted by Crippen LogP contribution is 2.44. The molecule has 2 fully saturated rings. The molecule has 0 aromatic heterocycles. The number of unbranched alkanes of at least 4 members (excludes halogenated alkanes) is 8. The largest absolute Gasteiger partial charge is 0.326 e. The van der Waals surface area contributed by atoms with Gasteiger partial charge in [0, 0.05) is 21.8 Å². The second-order valence-electron chi connectivity index (χ2n) is 9.40. The van der Waals surface area contributed by atoms with Gasteiger partial charge in [0.2, 0.25) is 17.7 Å². The van der Waals surface area contributed by atoms with E-state index in [0.29, 0.717) is 30.6 Å². The number of anilines is 2. The first-order chi connectivity index (χ1) is 15.9. The van der Waals surface area contributed by atoms with Crippen LogP contribution in [0.1, 0.15) is 84.0 Å². The van der Waals surface area contributed by atoms with E-state index in [9.17, 15) is 14.4 Å². The molecule has 0 radical (unpaired) electrons. The van der Waals surface area contributed by atoms with Gasteiger partial charge in [-0.1, -0.05) is 90.2 Å². The third kappa shape index (κ3) is 7.14. The second-order valence-corrected chi connectivity index (χ2v) is 11.8. The molecule has 1 heterocycles. The van der Waals surface area contributed by atoms with Crippen LogP contribution < -0.4 is 10.2 Å². The van der Waals surface area contributed by atoms with Crippen molar-refractivity contribution in [3.63, 3.8) is 0 Å². The molecule has 1 saturated carbocycles. The lowest BCUT2D eigenvalue weighted by Gasteiger charge is -2.29. The fourth-order valence-corrected chi connectivity index (χ4v) is 6.10. The molecule has 2 aliphatic rings. The molecule has 1 saturated heterocycles. The molecule has 182 valence electrons. The van der Waals surface area contributed by atoms with E-state index in [2.05, 4.69) is 44.1 Å². The summed E-state index contributed by atoms with van der Waals surface area (Å²) in [4.78, 5) is 39.8. The Morgan fingerprint density at radius 1 is 0.848 bits per heavy atom. The highest BCUT2D eigenvalue weighted by atomic mass is 79.9. The molecular formula is C26H36Br2N2O3. The summed E-state index contributed by atoms with van der Waals surface area (Å²) < 4.78 is 0. The van der Waals surface area contributed by atoms with Crippen LogP contribution in [0.25, 0.3) is 0 Å². The van der Waals surface area contributed by atoms with Crippen molar-refractivity contribution in [1.82, 2.24) is 0 Å². The number of carbonyl (C=O) groups is 3. The molecule has 33 heavy (non-hydrogen) atoms. The first-order valence-electron chi connectivity index (χ1n) is 12.5. The van der Waals surface area contributed by atoms with Crippen LogP contribution in [0, 0.1) is 11.8 Å². The number of rotatable bonds is 12. The maximum absolute atomic E-state index is 12.9. The molecule has 0 spiro atoms. The summed E-state index contributed by atoms with van der Waals surface area (Å²) in [5, 5.41) is 2.93.